The highest BCUT2D eigenvalue weighted by atomic mass is 16.5. The normalized spacial score (nSPS) is 19.3. The average molecular weight is 300 g/mol. The molecule has 0 aromatic rings. The third kappa shape index (κ3) is 6.22. The number of rotatable bonds is 7. The molecule has 0 aromatic heterocycles. The standard InChI is InChI=1S/C16H32N2O3/c1-15(2,3)13(19)11-17-14(20)18-12-16(9-10-21-4)7-5-6-8-16/h13,19H,5-12H2,1-4H3,(H2,17,18,20). The summed E-state index contributed by atoms with van der Waals surface area (Å²) in [5.74, 6) is 0. The maximum absolute atomic E-state index is 11.9. The van der Waals surface area contributed by atoms with Gasteiger partial charge in [0.1, 0.15) is 0 Å². The van der Waals surface area contributed by atoms with Gasteiger partial charge >= 0.3 is 6.03 Å². The highest BCUT2D eigenvalue weighted by Gasteiger charge is 2.33. The van der Waals surface area contributed by atoms with Crippen LogP contribution in [0.2, 0.25) is 0 Å². The summed E-state index contributed by atoms with van der Waals surface area (Å²) in [4.78, 5) is 11.9. The van der Waals surface area contributed by atoms with Crippen molar-refractivity contribution in [2.24, 2.45) is 10.8 Å². The highest BCUT2D eigenvalue weighted by molar-refractivity contribution is 5.73. The maximum atomic E-state index is 11.9. The first-order valence-corrected chi connectivity index (χ1v) is 7.98. The lowest BCUT2D eigenvalue weighted by Gasteiger charge is -2.30. The number of aliphatic hydroxyl groups is 1. The largest absolute Gasteiger partial charge is 0.391 e. The van der Waals surface area contributed by atoms with Crippen LogP contribution in [0.4, 0.5) is 4.79 Å². The van der Waals surface area contributed by atoms with Crippen molar-refractivity contribution in [2.75, 3.05) is 26.8 Å². The van der Waals surface area contributed by atoms with E-state index >= 15 is 0 Å². The summed E-state index contributed by atoms with van der Waals surface area (Å²) in [5.41, 5.74) is -0.0333. The molecular formula is C16H32N2O3. The first-order chi connectivity index (χ1) is 9.79. The molecule has 0 aliphatic heterocycles. The third-order valence-electron chi connectivity index (χ3n) is 4.58. The molecule has 0 saturated heterocycles. The van der Waals surface area contributed by atoms with Gasteiger partial charge in [0.05, 0.1) is 6.10 Å². The molecule has 1 atom stereocenters. The van der Waals surface area contributed by atoms with Crippen molar-refractivity contribution >= 4 is 6.03 Å². The molecule has 124 valence electrons. The van der Waals surface area contributed by atoms with Gasteiger partial charge in [0, 0.05) is 26.8 Å². The molecule has 21 heavy (non-hydrogen) atoms. The number of nitrogens with one attached hydrogen (secondary N) is 2. The van der Waals surface area contributed by atoms with E-state index in [1.54, 1.807) is 7.11 Å². The summed E-state index contributed by atoms with van der Waals surface area (Å²) >= 11 is 0. The Labute approximate surface area is 128 Å². The minimum Gasteiger partial charge on any atom is -0.391 e. The van der Waals surface area contributed by atoms with Crippen molar-refractivity contribution in [1.29, 1.82) is 0 Å². The molecule has 1 rings (SSSR count). The van der Waals surface area contributed by atoms with Crippen molar-refractivity contribution < 1.29 is 14.6 Å². The van der Waals surface area contributed by atoms with E-state index in [0.29, 0.717) is 6.54 Å². The number of urea groups is 1. The van der Waals surface area contributed by atoms with Gasteiger partial charge in [0.25, 0.3) is 0 Å². The second-order valence-corrected chi connectivity index (χ2v) is 7.40. The summed E-state index contributed by atoms with van der Waals surface area (Å²) in [6.45, 7) is 7.57. The van der Waals surface area contributed by atoms with E-state index in [1.807, 2.05) is 20.8 Å². The summed E-state index contributed by atoms with van der Waals surface area (Å²) in [5, 5.41) is 15.6. The number of carbonyl (C=O) groups is 1. The van der Waals surface area contributed by atoms with Gasteiger partial charge in [-0.15, -0.1) is 0 Å². The van der Waals surface area contributed by atoms with Gasteiger partial charge < -0.3 is 20.5 Å². The summed E-state index contributed by atoms with van der Waals surface area (Å²) < 4.78 is 5.19. The van der Waals surface area contributed by atoms with Crippen LogP contribution in [0.3, 0.4) is 0 Å². The number of methoxy groups -OCH3 is 1. The number of carbonyl (C=O) groups excluding carboxylic acids is 1. The zero-order chi connectivity index (χ0) is 15.9. The Morgan fingerprint density at radius 2 is 1.90 bits per heavy atom. The van der Waals surface area contributed by atoms with E-state index in [1.165, 1.54) is 12.8 Å². The summed E-state index contributed by atoms with van der Waals surface area (Å²) in [6, 6.07) is -0.193. The molecule has 0 spiro atoms. The SMILES string of the molecule is COCCC1(CNC(=O)NCC(O)C(C)(C)C)CCCC1. The maximum Gasteiger partial charge on any atom is 0.314 e. The number of hydrogen-bond acceptors (Lipinski definition) is 3. The van der Waals surface area contributed by atoms with Gasteiger partial charge in [0.15, 0.2) is 0 Å². The van der Waals surface area contributed by atoms with E-state index in [2.05, 4.69) is 10.6 Å². The molecule has 1 unspecified atom stereocenters. The zero-order valence-corrected chi connectivity index (χ0v) is 14.0. The van der Waals surface area contributed by atoms with E-state index < -0.39 is 6.10 Å². The van der Waals surface area contributed by atoms with Gasteiger partial charge in [0.2, 0.25) is 0 Å². The molecule has 1 aliphatic rings. The first kappa shape index (κ1) is 18.2. The molecule has 5 heteroatoms. The van der Waals surface area contributed by atoms with Crippen molar-refractivity contribution in [3.63, 3.8) is 0 Å². The number of ether oxygens (including phenoxy) is 1. The van der Waals surface area contributed by atoms with E-state index in [0.717, 1.165) is 25.9 Å². The lowest BCUT2D eigenvalue weighted by Crippen LogP contribution is -2.46. The molecule has 0 aromatic carbocycles. The van der Waals surface area contributed by atoms with Crippen molar-refractivity contribution in [3.05, 3.63) is 0 Å². The summed E-state index contributed by atoms with van der Waals surface area (Å²) in [6.07, 6.45) is 5.22. The molecule has 1 saturated carbocycles. The van der Waals surface area contributed by atoms with Crippen LogP contribution in [-0.4, -0.2) is 44.0 Å². The van der Waals surface area contributed by atoms with Crippen LogP contribution in [0.25, 0.3) is 0 Å². The van der Waals surface area contributed by atoms with Crippen molar-refractivity contribution in [1.82, 2.24) is 10.6 Å². The van der Waals surface area contributed by atoms with Crippen LogP contribution in [0.1, 0.15) is 52.9 Å². The van der Waals surface area contributed by atoms with Gasteiger partial charge in [-0.2, -0.15) is 0 Å². The Balaban J connectivity index is 2.33. The molecule has 2 amide bonds. The van der Waals surface area contributed by atoms with Crippen LogP contribution < -0.4 is 10.6 Å². The molecule has 1 aliphatic carbocycles. The van der Waals surface area contributed by atoms with E-state index in [4.69, 9.17) is 4.74 Å². The molecule has 5 nitrogen and oxygen atoms in total. The monoisotopic (exact) mass is 300 g/mol. The Bertz CT molecular complexity index is 320. The minimum absolute atomic E-state index is 0.190. The smallest absolute Gasteiger partial charge is 0.314 e. The second-order valence-electron chi connectivity index (χ2n) is 7.40. The minimum atomic E-state index is -0.544. The fourth-order valence-corrected chi connectivity index (χ4v) is 2.78. The lowest BCUT2D eigenvalue weighted by atomic mass is 9.83. The van der Waals surface area contributed by atoms with Crippen LogP contribution in [0, 0.1) is 10.8 Å². The number of amides is 2. The number of aliphatic hydroxyl groups excluding tert-OH is 1. The quantitative estimate of drug-likeness (QED) is 0.675. The fraction of sp³-hybridized carbons (Fsp3) is 0.938. The van der Waals surface area contributed by atoms with Crippen LogP contribution in [0.5, 0.6) is 0 Å². The average Bonchev–Trinajstić information content (AvgIpc) is 2.88. The zero-order valence-electron chi connectivity index (χ0n) is 14.0. The van der Waals surface area contributed by atoms with Gasteiger partial charge in [-0.25, -0.2) is 4.79 Å². The Morgan fingerprint density at radius 3 is 2.43 bits per heavy atom. The first-order valence-electron chi connectivity index (χ1n) is 7.98. The molecule has 0 heterocycles. The topological polar surface area (TPSA) is 70.6 Å². The molecular weight excluding hydrogens is 268 g/mol. The van der Waals surface area contributed by atoms with Crippen LogP contribution in [0.15, 0.2) is 0 Å². The Morgan fingerprint density at radius 1 is 1.29 bits per heavy atom. The van der Waals surface area contributed by atoms with E-state index in [-0.39, 0.29) is 23.4 Å². The molecule has 0 radical (unpaired) electrons. The third-order valence-corrected chi connectivity index (χ3v) is 4.58. The van der Waals surface area contributed by atoms with Crippen molar-refractivity contribution in [2.45, 2.75) is 59.0 Å². The Hall–Kier alpha value is -0.810. The van der Waals surface area contributed by atoms with Gasteiger partial charge in [-0.3, -0.25) is 0 Å². The molecule has 3 N–H and O–H groups in total. The predicted octanol–water partition coefficient (Wildman–Crippen LogP) is 2.29. The van der Waals surface area contributed by atoms with Gasteiger partial charge in [-0.05, 0) is 30.1 Å². The Kier molecular flexibility index (Phi) is 6.94. The lowest BCUT2D eigenvalue weighted by molar-refractivity contribution is 0.0647. The van der Waals surface area contributed by atoms with Crippen LogP contribution >= 0.6 is 0 Å². The van der Waals surface area contributed by atoms with Crippen LogP contribution in [-0.2, 0) is 4.74 Å². The van der Waals surface area contributed by atoms with E-state index in [9.17, 15) is 9.90 Å². The van der Waals surface area contributed by atoms with Gasteiger partial charge in [-0.1, -0.05) is 33.6 Å². The predicted molar refractivity (Wildman–Crippen MR) is 84.3 cm³/mol. The second kappa shape index (κ2) is 7.99. The van der Waals surface area contributed by atoms with Crippen molar-refractivity contribution in [3.8, 4) is 0 Å². The number of hydrogen-bond donors (Lipinski definition) is 3. The highest BCUT2D eigenvalue weighted by Crippen LogP contribution is 2.40. The molecule has 0 bridgehead atoms. The molecule has 1 fully saturated rings. The summed E-state index contributed by atoms with van der Waals surface area (Å²) in [7, 11) is 1.72. The fourth-order valence-electron chi connectivity index (χ4n) is 2.78.